The lowest BCUT2D eigenvalue weighted by Crippen LogP contribution is -2.41. The maximum Gasteiger partial charge on any atom is 0.211 e. The van der Waals surface area contributed by atoms with Crippen LogP contribution < -0.4 is 0 Å². The summed E-state index contributed by atoms with van der Waals surface area (Å²) in [5.41, 5.74) is 1.33. The highest BCUT2D eigenvalue weighted by Crippen LogP contribution is 2.33. The summed E-state index contributed by atoms with van der Waals surface area (Å²) in [6.45, 7) is 3.41. The molecule has 0 amide bonds. The molecule has 0 aromatic heterocycles. The normalized spacial score (nSPS) is 26.9. The number of hydrogen-bond donors (Lipinski definition) is 0. The van der Waals surface area contributed by atoms with Gasteiger partial charge < -0.3 is 0 Å². The Bertz CT molecular complexity index is 469. The number of hydrogen-bond acceptors (Lipinski definition) is 2. The molecule has 1 saturated heterocycles. The first kappa shape index (κ1) is 12.6. The van der Waals surface area contributed by atoms with Gasteiger partial charge >= 0.3 is 0 Å². The number of benzene rings is 1. The largest absolute Gasteiger partial charge is 0.213 e. The monoisotopic (exact) mass is 253 g/mol. The van der Waals surface area contributed by atoms with E-state index in [1.165, 1.54) is 11.8 Å². The minimum atomic E-state index is -3.03. The molecule has 2 unspecified atom stereocenters. The van der Waals surface area contributed by atoms with Crippen LogP contribution in [0.2, 0.25) is 0 Å². The third-order valence-corrected chi connectivity index (χ3v) is 4.83. The van der Waals surface area contributed by atoms with Gasteiger partial charge in [-0.3, -0.25) is 0 Å². The van der Waals surface area contributed by atoms with Crippen molar-refractivity contribution >= 4 is 10.0 Å². The topological polar surface area (TPSA) is 37.4 Å². The van der Waals surface area contributed by atoms with Gasteiger partial charge in [-0.25, -0.2) is 12.7 Å². The quantitative estimate of drug-likeness (QED) is 0.809. The van der Waals surface area contributed by atoms with Crippen LogP contribution in [0.5, 0.6) is 0 Å². The van der Waals surface area contributed by atoms with Crippen LogP contribution in [0.25, 0.3) is 0 Å². The van der Waals surface area contributed by atoms with Crippen LogP contribution >= 0.6 is 0 Å². The molecule has 0 N–H and O–H groups in total. The van der Waals surface area contributed by atoms with Crippen molar-refractivity contribution in [3.63, 3.8) is 0 Å². The molecule has 1 aromatic rings. The summed E-state index contributed by atoms with van der Waals surface area (Å²) in [5.74, 6) is 0.857. The molecule has 0 radical (unpaired) electrons. The SMILES string of the molecule is CC1CN(S(C)(=O)=O)CCC1c1ccccc1. The van der Waals surface area contributed by atoms with Crippen molar-refractivity contribution in [1.29, 1.82) is 0 Å². The van der Waals surface area contributed by atoms with Gasteiger partial charge in [-0.1, -0.05) is 37.3 Å². The van der Waals surface area contributed by atoms with Gasteiger partial charge in [0.2, 0.25) is 10.0 Å². The van der Waals surface area contributed by atoms with Crippen molar-refractivity contribution < 1.29 is 8.42 Å². The zero-order valence-corrected chi connectivity index (χ0v) is 11.2. The molecule has 0 saturated carbocycles. The zero-order valence-electron chi connectivity index (χ0n) is 10.3. The molecule has 0 bridgehead atoms. The lowest BCUT2D eigenvalue weighted by molar-refractivity contribution is 0.250. The molecule has 0 aliphatic carbocycles. The van der Waals surface area contributed by atoms with E-state index in [0.717, 1.165) is 6.42 Å². The Morgan fingerprint density at radius 2 is 1.88 bits per heavy atom. The van der Waals surface area contributed by atoms with E-state index in [0.29, 0.717) is 24.9 Å². The Hall–Kier alpha value is -0.870. The van der Waals surface area contributed by atoms with E-state index in [4.69, 9.17) is 0 Å². The van der Waals surface area contributed by atoms with E-state index in [-0.39, 0.29) is 0 Å². The van der Waals surface area contributed by atoms with E-state index >= 15 is 0 Å². The van der Waals surface area contributed by atoms with E-state index in [2.05, 4.69) is 19.1 Å². The van der Waals surface area contributed by atoms with Crippen LogP contribution in [0.3, 0.4) is 0 Å². The minimum Gasteiger partial charge on any atom is -0.213 e. The summed E-state index contributed by atoms with van der Waals surface area (Å²) >= 11 is 0. The average Bonchev–Trinajstić information content (AvgIpc) is 2.29. The second kappa shape index (κ2) is 4.78. The smallest absolute Gasteiger partial charge is 0.211 e. The molecular formula is C13H19NO2S. The van der Waals surface area contributed by atoms with Crippen molar-refractivity contribution in [2.75, 3.05) is 19.3 Å². The average molecular weight is 253 g/mol. The molecule has 1 heterocycles. The first-order valence-electron chi connectivity index (χ1n) is 5.98. The number of sulfonamides is 1. The van der Waals surface area contributed by atoms with Gasteiger partial charge in [-0.15, -0.1) is 0 Å². The van der Waals surface area contributed by atoms with E-state index in [1.54, 1.807) is 4.31 Å². The molecule has 1 fully saturated rings. The Kier molecular flexibility index (Phi) is 3.54. The lowest BCUT2D eigenvalue weighted by Gasteiger charge is -2.35. The second-order valence-electron chi connectivity index (χ2n) is 4.90. The van der Waals surface area contributed by atoms with Crippen molar-refractivity contribution in [2.24, 2.45) is 5.92 Å². The molecule has 94 valence electrons. The molecule has 1 aromatic carbocycles. The van der Waals surface area contributed by atoms with E-state index in [1.807, 2.05) is 18.2 Å². The van der Waals surface area contributed by atoms with Crippen LogP contribution in [0.15, 0.2) is 30.3 Å². The summed E-state index contributed by atoms with van der Waals surface area (Å²) in [4.78, 5) is 0. The third kappa shape index (κ3) is 2.87. The fourth-order valence-corrected chi connectivity index (χ4v) is 3.55. The Labute approximate surface area is 104 Å². The maximum atomic E-state index is 11.5. The molecule has 2 atom stereocenters. The van der Waals surface area contributed by atoms with Gasteiger partial charge in [-0.2, -0.15) is 0 Å². The van der Waals surface area contributed by atoms with Gasteiger partial charge in [0, 0.05) is 13.1 Å². The van der Waals surface area contributed by atoms with E-state index in [9.17, 15) is 8.42 Å². The minimum absolute atomic E-state index is 0.376. The number of rotatable bonds is 2. The highest BCUT2D eigenvalue weighted by molar-refractivity contribution is 7.88. The first-order chi connectivity index (χ1) is 7.98. The first-order valence-corrected chi connectivity index (χ1v) is 7.83. The fourth-order valence-electron chi connectivity index (χ4n) is 2.60. The molecule has 1 aliphatic rings. The van der Waals surface area contributed by atoms with Crippen molar-refractivity contribution in [1.82, 2.24) is 4.31 Å². The molecule has 2 rings (SSSR count). The second-order valence-corrected chi connectivity index (χ2v) is 6.89. The Morgan fingerprint density at radius 3 is 2.41 bits per heavy atom. The van der Waals surface area contributed by atoms with Gasteiger partial charge in [0.25, 0.3) is 0 Å². The van der Waals surface area contributed by atoms with Crippen molar-refractivity contribution in [2.45, 2.75) is 19.3 Å². The Balaban J connectivity index is 2.12. The predicted octanol–water partition coefficient (Wildman–Crippen LogP) is 2.07. The molecule has 1 aliphatic heterocycles. The molecule has 4 heteroatoms. The van der Waals surface area contributed by atoms with Crippen molar-refractivity contribution in [3.05, 3.63) is 35.9 Å². The van der Waals surface area contributed by atoms with Crippen LogP contribution in [0.1, 0.15) is 24.8 Å². The fraction of sp³-hybridized carbons (Fsp3) is 0.538. The molecule has 0 spiro atoms. The highest BCUT2D eigenvalue weighted by Gasteiger charge is 2.30. The lowest BCUT2D eigenvalue weighted by atomic mass is 9.82. The highest BCUT2D eigenvalue weighted by atomic mass is 32.2. The standard InChI is InChI=1S/C13H19NO2S/c1-11-10-14(17(2,15)16)9-8-13(11)12-6-4-3-5-7-12/h3-7,11,13H,8-10H2,1-2H3. The van der Waals surface area contributed by atoms with Gasteiger partial charge in [0.15, 0.2) is 0 Å². The zero-order chi connectivity index (χ0) is 12.5. The summed E-state index contributed by atoms with van der Waals surface area (Å²) < 4.78 is 24.6. The van der Waals surface area contributed by atoms with Crippen molar-refractivity contribution in [3.8, 4) is 0 Å². The van der Waals surface area contributed by atoms with Gasteiger partial charge in [-0.05, 0) is 23.8 Å². The van der Waals surface area contributed by atoms with Gasteiger partial charge in [0.1, 0.15) is 0 Å². The van der Waals surface area contributed by atoms with Crippen LogP contribution in [-0.2, 0) is 10.0 Å². The summed E-state index contributed by atoms with van der Waals surface area (Å²) in [7, 11) is -3.03. The third-order valence-electron chi connectivity index (χ3n) is 3.56. The molecule has 17 heavy (non-hydrogen) atoms. The summed E-state index contributed by atoms with van der Waals surface area (Å²) in [6.07, 6.45) is 2.21. The number of nitrogens with zero attached hydrogens (tertiary/aromatic N) is 1. The summed E-state index contributed by atoms with van der Waals surface area (Å²) in [5, 5.41) is 0. The number of piperidine rings is 1. The predicted molar refractivity (Wildman–Crippen MR) is 69.4 cm³/mol. The van der Waals surface area contributed by atoms with E-state index < -0.39 is 10.0 Å². The van der Waals surface area contributed by atoms with Gasteiger partial charge in [0.05, 0.1) is 6.26 Å². The maximum absolute atomic E-state index is 11.5. The summed E-state index contributed by atoms with van der Waals surface area (Å²) in [6, 6.07) is 10.4. The Morgan fingerprint density at radius 1 is 1.24 bits per heavy atom. The molecular weight excluding hydrogens is 234 g/mol. The van der Waals surface area contributed by atoms with Crippen LogP contribution in [0, 0.1) is 5.92 Å². The van der Waals surface area contributed by atoms with Crippen LogP contribution in [0.4, 0.5) is 0 Å². The van der Waals surface area contributed by atoms with Crippen LogP contribution in [-0.4, -0.2) is 32.1 Å². The molecule has 3 nitrogen and oxygen atoms in total.